The van der Waals surface area contributed by atoms with Gasteiger partial charge in [0.25, 0.3) is 0 Å². The Balaban J connectivity index is 1.58. The zero-order chi connectivity index (χ0) is 19.9. The Hall–Kier alpha value is -2.43. The van der Waals surface area contributed by atoms with Crippen molar-refractivity contribution >= 4 is 29.2 Å². The van der Waals surface area contributed by atoms with Crippen molar-refractivity contribution in [2.24, 2.45) is 0 Å². The van der Waals surface area contributed by atoms with Gasteiger partial charge in [-0.05, 0) is 55.0 Å². The predicted molar refractivity (Wildman–Crippen MR) is 110 cm³/mol. The number of hydrogen-bond donors (Lipinski definition) is 0. The Bertz CT molecular complexity index is 932. The average Bonchev–Trinajstić information content (AvgIpc) is 3.18. The molecule has 1 aromatic heterocycles. The molecule has 2 aromatic carbocycles. The van der Waals surface area contributed by atoms with E-state index in [1.807, 2.05) is 6.07 Å². The number of ether oxygens (including phenoxy) is 2. The van der Waals surface area contributed by atoms with Crippen molar-refractivity contribution < 1.29 is 18.7 Å². The molecule has 4 nitrogen and oxygen atoms in total. The third-order valence-electron chi connectivity index (χ3n) is 4.08. The van der Waals surface area contributed by atoms with Gasteiger partial charge in [-0.2, -0.15) is 0 Å². The number of benzene rings is 2. The van der Waals surface area contributed by atoms with Crippen LogP contribution in [0.1, 0.15) is 35.9 Å². The molecule has 0 amide bonds. The van der Waals surface area contributed by atoms with Crippen molar-refractivity contribution in [3.63, 3.8) is 0 Å². The minimum Gasteiger partial charge on any atom is -0.494 e. The van der Waals surface area contributed by atoms with Crippen molar-refractivity contribution in [2.75, 3.05) is 6.61 Å². The van der Waals surface area contributed by atoms with E-state index in [0.717, 1.165) is 18.6 Å². The summed E-state index contributed by atoms with van der Waals surface area (Å²) in [4.78, 5) is 12.2. The molecular weight excluding hydrogens is 399 g/mol. The molecular formula is C22H20Cl2O4. The van der Waals surface area contributed by atoms with E-state index in [9.17, 15) is 4.79 Å². The van der Waals surface area contributed by atoms with E-state index in [1.165, 1.54) is 0 Å². The van der Waals surface area contributed by atoms with Crippen LogP contribution >= 0.6 is 23.2 Å². The van der Waals surface area contributed by atoms with Gasteiger partial charge in [0.1, 0.15) is 23.9 Å². The van der Waals surface area contributed by atoms with Crippen LogP contribution in [-0.2, 0) is 11.3 Å². The molecule has 1 heterocycles. The number of halogens is 2. The van der Waals surface area contributed by atoms with Crippen molar-refractivity contribution in [1.29, 1.82) is 0 Å². The van der Waals surface area contributed by atoms with Crippen LogP contribution in [0, 0.1) is 0 Å². The van der Waals surface area contributed by atoms with Crippen LogP contribution in [0.3, 0.4) is 0 Å². The molecule has 0 bridgehead atoms. The normalized spacial score (nSPS) is 10.7. The fourth-order valence-electron chi connectivity index (χ4n) is 2.54. The molecule has 0 spiro atoms. The maximum Gasteiger partial charge on any atom is 0.338 e. The van der Waals surface area contributed by atoms with E-state index in [4.69, 9.17) is 37.1 Å². The van der Waals surface area contributed by atoms with Gasteiger partial charge in [0.05, 0.1) is 22.2 Å². The van der Waals surface area contributed by atoms with Gasteiger partial charge < -0.3 is 13.9 Å². The number of carbonyl (C=O) groups is 1. The monoisotopic (exact) mass is 418 g/mol. The molecule has 3 aromatic rings. The van der Waals surface area contributed by atoms with Gasteiger partial charge in [0.2, 0.25) is 0 Å². The van der Waals surface area contributed by atoms with Gasteiger partial charge in [0.15, 0.2) is 0 Å². The molecule has 0 radical (unpaired) electrons. The summed E-state index contributed by atoms with van der Waals surface area (Å²) in [6, 6.07) is 15.7. The van der Waals surface area contributed by atoms with Gasteiger partial charge >= 0.3 is 5.97 Å². The third-order valence-corrected chi connectivity index (χ3v) is 4.90. The first-order valence-electron chi connectivity index (χ1n) is 9.01. The summed E-state index contributed by atoms with van der Waals surface area (Å²) in [6.07, 6.45) is 2.07. The number of hydrogen-bond acceptors (Lipinski definition) is 4. The Morgan fingerprint density at radius 2 is 1.82 bits per heavy atom. The van der Waals surface area contributed by atoms with Gasteiger partial charge in [0, 0.05) is 5.56 Å². The second kappa shape index (κ2) is 9.67. The topological polar surface area (TPSA) is 48.7 Å². The maximum atomic E-state index is 12.2. The molecule has 0 saturated heterocycles. The lowest BCUT2D eigenvalue weighted by Gasteiger charge is -2.07. The van der Waals surface area contributed by atoms with Crippen LogP contribution in [0.15, 0.2) is 59.0 Å². The summed E-state index contributed by atoms with van der Waals surface area (Å²) in [7, 11) is 0. The van der Waals surface area contributed by atoms with Crippen LogP contribution in [0.5, 0.6) is 5.75 Å². The van der Waals surface area contributed by atoms with Crippen molar-refractivity contribution in [1.82, 2.24) is 0 Å². The summed E-state index contributed by atoms with van der Waals surface area (Å²) in [5, 5.41) is 0.869. The molecule has 6 heteroatoms. The number of esters is 1. The fraction of sp³-hybridized carbons (Fsp3) is 0.227. The summed E-state index contributed by atoms with van der Waals surface area (Å²) in [5.74, 6) is 1.38. The lowest BCUT2D eigenvalue weighted by molar-refractivity contribution is 0.0446. The number of carbonyl (C=O) groups excluding carboxylic acids is 1. The number of rotatable bonds is 8. The largest absolute Gasteiger partial charge is 0.494 e. The standard InChI is InChI=1S/C22H20Cl2O4/c1-2-3-13-26-16-9-7-15(8-10-16)22(25)27-14-17-11-12-20(28-17)18-5-4-6-19(23)21(18)24/h4-12H,2-3,13-14H2,1H3. The fourth-order valence-corrected chi connectivity index (χ4v) is 2.93. The molecule has 0 fully saturated rings. The molecule has 0 aliphatic rings. The van der Waals surface area contributed by atoms with Crippen LogP contribution in [0.4, 0.5) is 0 Å². The minimum absolute atomic E-state index is 0.0196. The summed E-state index contributed by atoms with van der Waals surface area (Å²) in [6.45, 7) is 2.79. The highest BCUT2D eigenvalue weighted by Crippen LogP contribution is 2.34. The van der Waals surface area contributed by atoms with Crippen molar-refractivity contribution in [2.45, 2.75) is 26.4 Å². The summed E-state index contributed by atoms with van der Waals surface area (Å²) >= 11 is 12.2. The van der Waals surface area contributed by atoms with Gasteiger partial charge in [-0.3, -0.25) is 0 Å². The molecule has 0 N–H and O–H groups in total. The van der Waals surface area contributed by atoms with E-state index in [-0.39, 0.29) is 6.61 Å². The van der Waals surface area contributed by atoms with E-state index >= 15 is 0 Å². The highest BCUT2D eigenvalue weighted by Gasteiger charge is 2.13. The smallest absolute Gasteiger partial charge is 0.338 e. The maximum absolute atomic E-state index is 12.2. The Morgan fingerprint density at radius 1 is 1.04 bits per heavy atom. The quantitative estimate of drug-likeness (QED) is 0.298. The first-order valence-corrected chi connectivity index (χ1v) is 9.77. The lowest BCUT2D eigenvalue weighted by atomic mass is 10.2. The van der Waals surface area contributed by atoms with E-state index in [1.54, 1.807) is 48.5 Å². The molecule has 28 heavy (non-hydrogen) atoms. The van der Waals surface area contributed by atoms with E-state index < -0.39 is 5.97 Å². The summed E-state index contributed by atoms with van der Waals surface area (Å²) < 4.78 is 16.6. The first-order chi connectivity index (χ1) is 13.6. The second-order valence-corrected chi connectivity index (χ2v) is 6.96. The highest BCUT2D eigenvalue weighted by atomic mass is 35.5. The Kier molecular flexibility index (Phi) is 7.01. The van der Waals surface area contributed by atoms with Crippen LogP contribution < -0.4 is 4.74 Å². The van der Waals surface area contributed by atoms with Crippen LogP contribution in [0.25, 0.3) is 11.3 Å². The van der Waals surface area contributed by atoms with E-state index in [0.29, 0.717) is 39.3 Å². The first kappa shape index (κ1) is 20.3. The Labute approximate surface area is 174 Å². The zero-order valence-corrected chi connectivity index (χ0v) is 16.9. The highest BCUT2D eigenvalue weighted by molar-refractivity contribution is 6.43. The molecule has 0 saturated carbocycles. The lowest BCUT2D eigenvalue weighted by Crippen LogP contribution is -2.05. The van der Waals surface area contributed by atoms with Gasteiger partial charge in [-0.15, -0.1) is 0 Å². The number of unbranched alkanes of at least 4 members (excludes halogenated alkanes) is 1. The SMILES string of the molecule is CCCCOc1ccc(C(=O)OCc2ccc(-c3cccc(Cl)c3Cl)o2)cc1. The molecule has 0 unspecified atom stereocenters. The zero-order valence-electron chi connectivity index (χ0n) is 15.4. The minimum atomic E-state index is -0.432. The molecule has 146 valence electrons. The van der Waals surface area contributed by atoms with Crippen LogP contribution in [-0.4, -0.2) is 12.6 Å². The van der Waals surface area contributed by atoms with E-state index in [2.05, 4.69) is 6.92 Å². The predicted octanol–water partition coefficient (Wildman–Crippen LogP) is 6.79. The summed E-state index contributed by atoms with van der Waals surface area (Å²) in [5.41, 5.74) is 1.14. The molecule has 3 rings (SSSR count). The van der Waals surface area contributed by atoms with Gasteiger partial charge in [-0.1, -0.05) is 42.6 Å². The molecule has 0 aliphatic heterocycles. The molecule has 0 aliphatic carbocycles. The Morgan fingerprint density at radius 3 is 2.57 bits per heavy atom. The van der Waals surface area contributed by atoms with Crippen LogP contribution in [0.2, 0.25) is 10.0 Å². The van der Waals surface area contributed by atoms with Crippen molar-refractivity contribution in [3.8, 4) is 17.1 Å². The number of furan rings is 1. The second-order valence-electron chi connectivity index (χ2n) is 6.17. The van der Waals surface area contributed by atoms with Crippen molar-refractivity contribution in [3.05, 3.63) is 76.0 Å². The third kappa shape index (κ3) is 5.09. The average molecular weight is 419 g/mol. The van der Waals surface area contributed by atoms with Gasteiger partial charge in [-0.25, -0.2) is 4.79 Å². The molecule has 0 atom stereocenters.